The van der Waals surface area contributed by atoms with Gasteiger partial charge in [0.2, 0.25) is 0 Å². The highest BCUT2D eigenvalue weighted by atomic mass is 19.4. The van der Waals surface area contributed by atoms with Crippen molar-refractivity contribution in [3.05, 3.63) is 53.1 Å². The van der Waals surface area contributed by atoms with Gasteiger partial charge in [0, 0.05) is 5.69 Å². The number of anilines is 1. The number of alkyl halides is 3. The Morgan fingerprint density at radius 3 is 2.35 bits per heavy atom. The molecule has 2 nitrogen and oxygen atoms in total. The number of carbonyl (C=O) groups is 1. The van der Waals surface area contributed by atoms with Gasteiger partial charge in [0.05, 0.1) is 0 Å². The summed E-state index contributed by atoms with van der Waals surface area (Å²) in [7, 11) is 0. The molecule has 5 heteroatoms. The molecule has 0 aliphatic rings. The third kappa shape index (κ3) is 3.92. The Labute approximate surface area is 133 Å². The summed E-state index contributed by atoms with van der Waals surface area (Å²) in [6.45, 7) is 5.89. The van der Waals surface area contributed by atoms with Crippen molar-refractivity contribution in [2.75, 3.05) is 5.32 Å². The molecule has 0 spiro atoms. The first-order valence-electron chi connectivity index (χ1n) is 7.31. The fourth-order valence-electron chi connectivity index (χ4n) is 2.44. The van der Waals surface area contributed by atoms with Gasteiger partial charge in [-0.25, -0.2) is 0 Å². The van der Waals surface area contributed by atoms with E-state index in [9.17, 15) is 18.0 Å². The van der Waals surface area contributed by atoms with Crippen LogP contribution in [0.2, 0.25) is 0 Å². The molecule has 23 heavy (non-hydrogen) atoms. The second-order valence-electron chi connectivity index (χ2n) is 5.50. The van der Waals surface area contributed by atoms with Crippen LogP contribution >= 0.6 is 0 Å². The monoisotopic (exact) mass is 321 g/mol. The maximum atomic E-state index is 12.4. The van der Waals surface area contributed by atoms with Crippen LogP contribution < -0.4 is 5.32 Å². The summed E-state index contributed by atoms with van der Waals surface area (Å²) >= 11 is 0. The molecule has 1 amide bonds. The van der Waals surface area contributed by atoms with Gasteiger partial charge in [-0.05, 0) is 54.7 Å². The highest BCUT2D eigenvalue weighted by Gasteiger charge is 2.38. The van der Waals surface area contributed by atoms with E-state index in [1.807, 2.05) is 44.3 Å². The molecule has 0 atom stereocenters. The lowest BCUT2D eigenvalue weighted by atomic mass is 9.93. The predicted molar refractivity (Wildman–Crippen MR) is 85.4 cm³/mol. The van der Waals surface area contributed by atoms with E-state index >= 15 is 0 Å². The second kappa shape index (κ2) is 6.44. The zero-order chi connectivity index (χ0) is 17.2. The van der Waals surface area contributed by atoms with Crippen molar-refractivity contribution in [1.29, 1.82) is 0 Å². The van der Waals surface area contributed by atoms with Crippen molar-refractivity contribution < 1.29 is 18.0 Å². The zero-order valence-electron chi connectivity index (χ0n) is 13.2. The Morgan fingerprint density at radius 2 is 1.74 bits per heavy atom. The van der Waals surface area contributed by atoms with Crippen molar-refractivity contribution in [2.45, 2.75) is 33.4 Å². The number of nitrogens with one attached hydrogen (secondary N) is 1. The average molecular weight is 321 g/mol. The lowest BCUT2D eigenvalue weighted by molar-refractivity contribution is -0.167. The maximum absolute atomic E-state index is 12.4. The van der Waals surface area contributed by atoms with Gasteiger partial charge >= 0.3 is 12.1 Å². The van der Waals surface area contributed by atoms with Crippen LogP contribution in [0, 0.1) is 13.8 Å². The van der Waals surface area contributed by atoms with Crippen LogP contribution in [0.4, 0.5) is 18.9 Å². The Kier molecular flexibility index (Phi) is 4.78. The summed E-state index contributed by atoms with van der Waals surface area (Å²) in [5.74, 6) is -1.97. The largest absolute Gasteiger partial charge is 0.471 e. The molecular weight excluding hydrogens is 303 g/mol. The van der Waals surface area contributed by atoms with Gasteiger partial charge in [-0.1, -0.05) is 36.8 Å². The summed E-state index contributed by atoms with van der Waals surface area (Å²) in [4.78, 5) is 11.1. The zero-order valence-corrected chi connectivity index (χ0v) is 13.2. The minimum absolute atomic E-state index is 0.136. The van der Waals surface area contributed by atoms with Crippen LogP contribution in [0.1, 0.15) is 23.6 Å². The molecule has 0 fully saturated rings. The first-order valence-corrected chi connectivity index (χ1v) is 7.31. The van der Waals surface area contributed by atoms with Gasteiger partial charge in [0.15, 0.2) is 0 Å². The van der Waals surface area contributed by atoms with E-state index in [1.54, 1.807) is 12.1 Å². The first kappa shape index (κ1) is 17.1. The highest BCUT2D eigenvalue weighted by molar-refractivity contribution is 5.95. The van der Waals surface area contributed by atoms with E-state index in [0.29, 0.717) is 0 Å². The minimum Gasteiger partial charge on any atom is -0.318 e. The van der Waals surface area contributed by atoms with Crippen LogP contribution in [0.25, 0.3) is 11.1 Å². The van der Waals surface area contributed by atoms with Crippen LogP contribution in [0.5, 0.6) is 0 Å². The van der Waals surface area contributed by atoms with Gasteiger partial charge in [-0.15, -0.1) is 0 Å². The van der Waals surface area contributed by atoms with E-state index in [2.05, 4.69) is 0 Å². The van der Waals surface area contributed by atoms with Crippen molar-refractivity contribution in [3.63, 3.8) is 0 Å². The Balaban J connectivity index is 2.46. The summed E-state index contributed by atoms with van der Waals surface area (Å²) in [5.41, 5.74) is 5.06. The average Bonchev–Trinajstić information content (AvgIpc) is 2.48. The van der Waals surface area contributed by atoms with Crippen LogP contribution in [-0.4, -0.2) is 12.1 Å². The number of halogens is 3. The number of carbonyl (C=O) groups excluding carboxylic acids is 1. The lowest BCUT2D eigenvalue weighted by Gasteiger charge is -2.15. The normalized spacial score (nSPS) is 11.4. The molecule has 2 aromatic carbocycles. The Morgan fingerprint density at radius 1 is 1.04 bits per heavy atom. The van der Waals surface area contributed by atoms with Gasteiger partial charge in [-0.3, -0.25) is 4.79 Å². The third-order valence-electron chi connectivity index (χ3n) is 3.69. The molecule has 1 N–H and O–H groups in total. The van der Waals surface area contributed by atoms with E-state index in [1.165, 1.54) is 6.07 Å². The number of hydrogen-bond donors (Lipinski definition) is 1. The number of benzene rings is 2. The SMILES string of the molecule is CCc1ccc(C)cc1-c1cc(NC(=O)C(F)(F)F)ccc1C. The van der Waals surface area contributed by atoms with E-state index in [0.717, 1.165) is 34.2 Å². The van der Waals surface area contributed by atoms with E-state index in [-0.39, 0.29) is 5.69 Å². The molecule has 0 heterocycles. The summed E-state index contributed by atoms with van der Waals surface area (Å²) in [5, 5.41) is 1.91. The molecule has 0 saturated carbocycles. The van der Waals surface area contributed by atoms with Crippen LogP contribution in [0.15, 0.2) is 36.4 Å². The smallest absolute Gasteiger partial charge is 0.318 e. The number of rotatable bonds is 3. The van der Waals surface area contributed by atoms with Crippen molar-refractivity contribution in [3.8, 4) is 11.1 Å². The van der Waals surface area contributed by atoms with Crippen molar-refractivity contribution in [1.82, 2.24) is 0 Å². The predicted octanol–water partition coefficient (Wildman–Crippen LogP) is 5.03. The van der Waals surface area contributed by atoms with Gasteiger partial charge in [0.1, 0.15) is 0 Å². The second-order valence-corrected chi connectivity index (χ2v) is 5.50. The molecule has 0 aliphatic heterocycles. The van der Waals surface area contributed by atoms with Gasteiger partial charge in [0.25, 0.3) is 0 Å². The molecule has 122 valence electrons. The summed E-state index contributed by atoms with van der Waals surface area (Å²) in [6.07, 6.45) is -4.09. The molecular formula is C18H18F3NO. The standard InChI is InChI=1S/C18H18F3NO/c1-4-13-7-5-11(2)9-16(13)15-10-14(8-6-12(15)3)22-17(23)18(19,20)21/h5-10H,4H2,1-3H3,(H,22,23). The molecule has 0 saturated heterocycles. The molecule has 2 aromatic rings. The number of hydrogen-bond acceptors (Lipinski definition) is 1. The van der Waals surface area contributed by atoms with E-state index < -0.39 is 12.1 Å². The molecule has 0 aromatic heterocycles. The number of aryl methyl sites for hydroxylation is 3. The van der Waals surface area contributed by atoms with E-state index in [4.69, 9.17) is 0 Å². The summed E-state index contributed by atoms with van der Waals surface area (Å²) < 4.78 is 37.2. The molecule has 0 bridgehead atoms. The fourth-order valence-corrected chi connectivity index (χ4v) is 2.44. The molecule has 0 radical (unpaired) electrons. The Hall–Kier alpha value is -2.30. The molecule has 0 unspecified atom stereocenters. The molecule has 2 rings (SSSR count). The van der Waals surface area contributed by atoms with Gasteiger partial charge < -0.3 is 5.32 Å². The van der Waals surface area contributed by atoms with Crippen molar-refractivity contribution in [2.24, 2.45) is 0 Å². The maximum Gasteiger partial charge on any atom is 0.471 e. The first-order chi connectivity index (χ1) is 10.7. The topological polar surface area (TPSA) is 29.1 Å². The van der Waals surface area contributed by atoms with Crippen LogP contribution in [-0.2, 0) is 11.2 Å². The lowest BCUT2D eigenvalue weighted by Crippen LogP contribution is -2.29. The van der Waals surface area contributed by atoms with Crippen molar-refractivity contribution >= 4 is 11.6 Å². The molecule has 0 aliphatic carbocycles. The van der Waals surface area contributed by atoms with Crippen LogP contribution in [0.3, 0.4) is 0 Å². The highest BCUT2D eigenvalue weighted by Crippen LogP contribution is 2.31. The quantitative estimate of drug-likeness (QED) is 0.843. The third-order valence-corrected chi connectivity index (χ3v) is 3.69. The van der Waals surface area contributed by atoms with Gasteiger partial charge in [-0.2, -0.15) is 13.2 Å². The number of amides is 1. The summed E-state index contributed by atoms with van der Waals surface area (Å²) in [6, 6.07) is 10.8. The Bertz CT molecular complexity index is 736. The minimum atomic E-state index is -4.90. The fraction of sp³-hybridized carbons (Fsp3) is 0.278.